The molecule has 240 valence electrons. The van der Waals surface area contributed by atoms with Crippen molar-refractivity contribution in [3.63, 3.8) is 0 Å². The van der Waals surface area contributed by atoms with Crippen LogP contribution in [0.1, 0.15) is 11.5 Å². The van der Waals surface area contributed by atoms with Crippen LogP contribution in [0.15, 0.2) is 188 Å². The Morgan fingerprint density at radius 3 is 1.55 bits per heavy atom. The zero-order valence-electron chi connectivity index (χ0n) is 27.9. The van der Waals surface area contributed by atoms with Gasteiger partial charge in [-0.2, -0.15) is 0 Å². The van der Waals surface area contributed by atoms with Gasteiger partial charge in [-0.1, -0.05) is 109 Å². The van der Waals surface area contributed by atoms with E-state index in [4.69, 9.17) is 0 Å². The van der Waals surface area contributed by atoms with Gasteiger partial charge < -0.3 is 14.0 Å². The molecule has 9 aromatic rings. The highest BCUT2D eigenvalue weighted by Gasteiger charge is 2.37. The Hall–Kier alpha value is -6.58. The van der Waals surface area contributed by atoms with E-state index in [9.17, 15) is 0 Å². The number of fused-ring (bicyclic) bond motifs is 9. The molecule has 2 aliphatic rings. The second-order valence-corrected chi connectivity index (χ2v) is 13.7. The van der Waals surface area contributed by atoms with E-state index in [0.717, 1.165) is 0 Å². The van der Waals surface area contributed by atoms with Gasteiger partial charge in [0.25, 0.3) is 0 Å². The molecule has 3 heterocycles. The highest BCUT2D eigenvalue weighted by Crippen LogP contribution is 2.49. The maximum Gasteiger partial charge on any atom is 0.0629 e. The summed E-state index contributed by atoms with van der Waals surface area (Å²) in [6.07, 6.45) is 9.09. The van der Waals surface area contributed by atoms with E-state index >= 15 is 0 Å². The summed E-state index contributed by atoms with van der Waals surface area (Å²) < 4.78 is 4.83. The number of benzene rings is 7. The molecule has 0 bridgehead atoms. The molecule has 3 nitrogen and oxygen atoms in total. The lowest BCUT2D eigenvalue weighted by molar-refractivity contribution is 0.744. The first-order chi connectivity index (χ1) is 25.3. The second-order valence-electron chi connectivity index (χ2n) is 13.7. The van der Waals surface area contributed by atoms with Gasteiger partial charge >= 0.3 is 0 Å². The number of rotatable bonds is 4. The lowest BCUT2D eigenvalue weighted by Crippen LogP contribution is -2.28. The zero-order valence-corrected chi connectivity index (χ0v) is 27.9. The van der Waals surface area contributed by atoms with Gasteiger partial charge in [-0.05, 0) is 95.6 Å². The van der Waals surface area contributed by atoms with Crippen molar-refractivity contribution in [2.45, 2.75) is 12.0 Å². The first-order valence-electron chi connectivity index (χ1n) is 17.8. The molecule has 1 aliphatic heterocycles. The van der Waals surface area contributed by atoms with Crippen molar-refractivity contribution >= 4 is 55.0 Å². The predicted octanol–water partition coefficient (Wildman–Crippen LogP) is 12.3. The number of hydrogen-bond donors (Lipinski definition) is 0. The average Bonchev–Trinajstić information content (AvgIpc) is 3.83. The number of aromatic nitrogens is 2. The number of para-hydroxylation sites is 4. The first-order valence-corrected chi connectivity index (χ1v) is 17.8. The summed E-state index contributed by atoms with van der Waals surface area (Å²) in [5, 5.41) is 5.06. The van der Waals surface area contributed by atoms with Crippen molar-refractivity contribution in [1.29, 1.82) is 0 Å². The molecule has 2 unspecified atom stereocenters. The molecule has 2 atom stereocenters. The summed E-state index contributed by atoms with van der Waals surface area (Å²) in [6.45, 7) is 0. The van der Waals surface area contributed by atoms with Crippen LogP contribution in [0.25, 0.3) is 66.1 Å². The Labute approximate surface area is 296 Å². The molecule has 51 heavy (non-hydrogen) atoms. The summed E-state index contributed by atoms with van der Waals surface area (Å²) in [5.41, 5.74) is 13.6. The Bertz CT molecular complexity index is 2870. The minimum absolute atomic E-state index is 0.266. The Morgan fingerprint density at radius 2 is 0.902 bits per heavy atom. The van der Waals surface area contributed by atoms with Gasteiger partial charge in [-0.25, -0.2) is 0 Å². The van der Waals surface area contributed by atoms with E-state index in [-0.39, 0.29) is 6.04 Å². The van der Waals surface area contributed by atoms with Crippen molar-refractivity contribution in [3.8, 4) is 22.5 Å². The third-order valence-electron chi connectivity index (χ3n) is 11.0. The van der Waals surface area contributed by atoms with Gasteiger partial charge in [0.15, 0.2) is 0 Å². The van der Waals surface area contributed by atoms with Crippen molar-refractivity contribution in [1.82, 2.24) is 9.13 Å². The van der Waals surface area contributed by atoms with Gasteiger partial charge in [0.05, 0.1) is 28.1 Å². The van der Waals surface area contributed by atoms with Crippen molar-refractivity contribution in [3.05, 3.63) is 194 Å². The first kappa shape index (κ1) is 28.3. The topological polar surface area (TPSA) is 13.1 Å². The second kappa shape index (κ2) is 11.0. The van der Waals surface area contributed by atoms with Crippen LogP contribution in [0.5, 0.6) is 0 Å². The van der Waals surface area contributed by atoms with Gasteiger partial charge in [0.1, 0.15) is 0 Å². The van der Waals surface area contributed by atoms with Gasteiger partial charge in [-0.15, -0.1) is 0 Å². The lowest BCUT2D eigenvalue weighted by Gasteiger charge is -2.28. The maximum atomic E-state index is 2.50. The largest absolute Gasteiger partial charge is 0.333 e. The van der Waals surface area contributed by atoms with E-state index in [0.29, 0.717) is 5.92 Å². The monoisotopic (exact) mass is 651 g/mol. The Kier molecular flexibility index (Phi) is 6.08. The standard InChI is InChI=1S/C48H33N3/c1-3-13-34(14-4-1)49-43-20-10-7-17-37(43)40-29-32(23-26-46(40)49)33-24-27-47-41(30-33)38-18-8-12-22-45(38)51(47)36-25-28-48-42(31-36)39-19-9-11-21-44(39)50(48)35-15-5-2-6-16-35/h1-31,39,44H. The zero-order chi connectivity index (χ0) is 33.5. The summed E-state index contributed by atoms with van der Waals surface area (Å²) in [5.74, 6) is 0.299. The number of hydrogen-bond acceptors (Lipinski definition) is 1. The molecule has 2 aromatic heterocycles. The molecular weight excluding hydrogens is 619 g/mol. The van der Waals surface area contributed by atoms with Gasteiger partial charge in [0, 0.05) is 50.2 Å². The van der Waals surface area contributed by atoms with E-state index in [1.54, 1.807) is 0 Å². The summed E-state index contributed by atoms with van der Waals surface area (Å²) in [6, 6.07) is 60.3. The number of nitrogens with zero attached hydrogens (tertiary/aromatic N) is 3. The third kappa shape index (κ3) is 4.18. The molecule has 0 N–H and O–H groups in total. The van der Waals surface area contributed by atoms with Crippen LogP contribution >= 0.6 is 0 Å². The molecule has 7 aromatic carbocycles. The molecule has 0 spiro atoms. The number of anilines is 2. The quantitative estimate of drug-likeness (QED) is 0.185. The maximum absolute atomic E-state index is 2.50. The normalized spacial score (nSPS) is 16.4. The molecule has 3 heteroatoms. The average molecular weight is 652 g/mol. The van der Waals surface area contributed by atoms with Crippen LogP contribution in [0, 0.1) is 0 Å². The molecule has 0 radical (unpaired) electrons. The minimum atomic E-state index is 0.266. The van der Waals surface area contributed by atoms with Crippen LogP contribution in [0.4, 0.5) is 11.4 Å². The van der Waals surface area contributed by atoms with Gasteiger partial charge in [-0.3, -0.25) is 0 Å². The molecule has 0 fully saturated rings. The third-order valence-corrected chi connectivity index (χ3v) is 11.0. The molecule has 0 saturated carbocycles. The summed E-state index contributed by atoms with van der Waals surface area (Å²) >= 11 is 0. The van der Waals surface area contributed by atoms with Gasteiger partial charge in [0.2, 0.25) is 0 Å². The van der Waals surface area contributed by atoms with Crippen LogP contribution in [-0.4, -0.2) is 15.2 Å². The summed E-state index contributed by atoms with van der Waals surface area (Å²) in [7, 11) is 0. The number of allylic oxidation sites excluding steroid dienone is 2. The summed E-state index contributed by atoms with van der Waals surface area (Å²) in [4.78, 5) is 2.50. The van der Waals surface area contributed by atoms with Crippen LogP contribution in [-0.2, 0) is 0 Å². The Morgan fingerprint density at radius 1 is 0.373 bits per heavy atom. The fraction of sp³-hybridized carbons (Fsp3) is 0.0417. The van der Waals surface area contributed by atoms with Crippen molar-refractivity contribution in [2.75, 3.05) is 4.90 Å². The molecular formula is C48H33N3. The molecule has 0 amide bonds. The van der Waals surface area contributed by atoms with Crippen LogP contribution in [0.2, 0.25) is 0 Å². The van der Waals surface area contributed by atoms with E-state index in [1.165, 1.54) is 83.1 Å². The van der Waals surface area contributed by atoms with Crippen molar-refractivity contribution < 1.29 is 0 Å². The minimum Gasteiger partial charge on any atom is -0.333 e. The van der Waals surface area contributed by atoms with E-state index in [2.05, 4.69) is 202 Å². The molecule has 0 saturated heterocycles. The van der Waals surface area contributed by atoms with Crippen molar-refractivity contribution in [2.24, 2.45) is 0 Å². The predicted molar refractivity (Wildman–Crippen MR) is 214 cm³/mol. The molecule has 11 rings (SSSR count). The van der Waals surface area contributed by atoms with Crippen LogP contribution < -0.4 is 4.90 Å². The van der Waals surface area contributed by atoms with E-state index in [1.807, 2.05) is 0 Å². The highest BCUT2D eigenvalue weighted by atomic mass is 15.2. The van der Waals surface area contributed by atoms with E-state index < -0.39 is 0 Å². The lowest BCUT2D eigenvalue weighted by atomic mass is 9.91. The smallest absolute Gasteiger partial charge is 0.0629 e. The Balaban J connectivity index is 1.07. The molecule has 1 aliphatic carbocycles. The fourth-order valence-electron chi connectivity index (χ4n) is 8.80. The fourth-order valence-corrected chi connectivity index (χ4v) is 8.80. The van der Waals surface area contributed by atoms with Crippen LogP contribution in [0.3, 0.4) is 0 Å². The SMILES string of the molecule is C1=CC2c3cc(-n4c5ccccc5c5cc(-c6ccc7c(c6)c6ccccc6n7-c6ccccc6)ccc54)ccc3N(c3ccccc3)C2C=C1. The highest BCUT2D eigenvalue weighted by molar-refractivity contribution is 6.12.